The molecule has 1 nitrogen and oxygen atoms in total. The summed E-state index contributed by atoms with van der Waals surface area (Å²) in [7, 11) is 0. The molecule has 0 amide bonds. The van der Waals surface area contributed by atoms with Crippen LogP contribution in [0.1, 0.15) is 74.5 Å². The Labute approximate surface area is 261 Å². The predicted molar refractivity (Wildman–Crippen MR) is 157 cm³/mol. The summed E-state index contributed by atoms with van der Waals surface area (Å²) in [4.78, 5) is 0. The second-order valence-electron chi connectivity index (χ2n) is 11.7. The Hall–Kier alpha value is -3.79. The van der Waals surface area contributed by atoms with Crippen LogP contribution in [-0.2, 0) is 17.3 Å². The normalized spacial score (nSPS) is 17.0. The van der Waals surface area contributed by atoms with E-state index >= 15 is 26.3 Å². The van der Waals surface area contributed by atoms with Crippen LogP contribution in [0.2, 0.25) is 0 Å². The van der Waals surface area contributed by atoms with Gasteiger partial charge in [0.1, 0.15) is 28.8 Å². The summed E-state index contributed by atoms with van der Waals surface area (Å²) in [5.74, 6) is -10.6. The van der Waals surface area contributed by atoms with Crippen LogP contribution in [0.15, 0.2) is 60.7 Å². The minimum absolute atomic E-state index is 0.0352. The van der Waals surface area contributed by atoms with E-state index in [1.54, 1.807) is 12.1 Å². The Morgan fingerprint density at radius 3 is 1.72 bits per heavy atom. The Kier molecular flexibility index (Phi) is 10.2. The zero-order valence-electron chi connectivity index (χ0n) is 24.9. The van der Waals surface area contributed by atoms with E-state index in [2.05, 4.69) is 6.92 Å². The van der Waals surface area contributed by atoms with Crippen LogP contribution in [0.5, 0.6) is 0 Å². The molecule has 0 aromatic heterocycles. The van der Waals surface area contributed by atoms with Crippen LogP contribution < -0.4 is 0 Å². The van der Waals surface area contributed by atoms with Gasteiger partial charge in [-0.05, 0) is 109 Å². The van der Waals surface area contributed by atoms with Gasteiger partial charge in [0.25, 0.3) is 0 Å². The smallest absolute Gasteiger partial charge is 0.313 e. The average molecular weight is 651 g/mol. The first-order chi connectivity index (χ1) is 21.9. The molecule has 4 aromatic carbocycles. The highest BCUT2D eigenvalue weighted by molar-refractivity contribution is 5.72. The molecule has 0 saturated heterocycles. The maximum absolute atomic E-state index is 15.2. The lowest BCUT2D eigenvalue weighted by Gasteiger charge is -2.31. The van der Waals surface area contributed by atoms with Crippen LogP contribution in [0.25, 0.3) is 22.3 Å². The molecule has 4 aromatic rings. The lowest BCUT2D eigenvalue weighted by molar-refractivity contribution is -0.280. The van der Waals surface area contributed by atoms with Gasteiger partial charge >= 0.3 is 6.11 Å². The fourth-order valence-electron chi connectivity index (χ4n) is 6.05. The van der Waals surface area contributed by atoms with Crippen molar-refractivity contribution < 1.29 is 44.3 Å². The molecule has 5 rings (SSSR count). The van der Waals surface area contributed by atoms with E-state index in [4.69, 9.17) is 4.74 Å². The summed E-state index contributed by atoms with van der Waals surface area (Å²) in [5, 5.41) is 0. The van der Waals surface area contributed by atoms with E-state index in [1.165, 1.54) is 0 Å². The summed E-state index contributed by atoms with van der Waals surface area (Å²) < 4.78 is 136. The average Bonchev–Trinajstić information content (AvgIpc) is 2.99. The SMILES string of the molecule is CCCCCc1ccc(-c2cc(F)c(-c3cc(F)c(C(F)(F)OC4CCC(c5cc(F)c(F)c(F)c5)CC4)c(F)c3)c(F)c2)cc1. The maximum atomic E-state index is 15.2. The molecule has 10 heteroatoms. The first-order valence-electron chi connectivity index (χ1n) is 15.2. The fourth-order valence-corrected chi connectivity index (χ4v) is 6.05. The molecule has 1 fully saturated rings. The van der Waals surface area contributed by atoms with Crippen LogP contribution >= 0.6 is 0 Å². The van der Waals surface area contributed by atoms with Crippen LogP contribution in [-0.4, -0.2) is 6.10 Å². The topological polar surface area (TPSA) is 9.23 Å². The number of halogens is 9. The first-order valence-corrected chi connectivity index (χ1v) is 15.2. The minimum atomic E-state index is -4.44. The lowest BCUT2D eigenvalue weighted by atomic mass is 9.82. The molecular formula is C36H31F9O. The summed E-state index contributed by atoms with van der Waals surface area (Å²) in [6.07, 6.45) is -1.33. The largest absolute Gasteiger partial charge is 0.389 e. The van der Waals surface area contributed by atoms with Crippen LogP contribution in [0.3, 0.4) is 0 Å². The number of aryl methyl sites for hydroxylation is 1. The zero-order valence-corrected chi connectivity index (χ0v) is 24.9. The molecule has 0 radical (unpaired) electrons. The molecule has 1 aliphatic carbocycles. The summed E-state index contributed by atoms with van der Waals surface area (Å²) >= 11 is 0. The highest BCUT2D eigenvalue weighted by atomic mass is 19.3. The first kappa shape index (κ1) is 33.6. The Morgan fingerprint density at radius 1 is 0.630 bits per heavy atom. The van der Waals surface area contributed by atoms with Crippen molar-refractivity contribution in [1.29, 1.82) is 0 Å². The summed E-state index contributed by atoms with van der Waals surface area (Å²) in [6, 6.07) is 11.7. The summed E-state index contributed by atoms with van der Waals surface area (Å²) in [6.45, 7) is 2.10. The van der Waals surface area contributed by atoms with Gasteiger partial charge in [0.05, 0.1) is 11.7 Å². The van der Waals surface area contributed by atoms with Gasteiger partial charge in [0, 0.05) is 0 Å². The number of alkyl halides is 2. The minimum Gasteiger partial charge on any atom is -0.313 e. The van der Waals surface area contributed by atoms with Crippen molar-refractivity contribution in [1.82, 2.24) is 0 Å². The van der Waals surface area contributed by atoms with Gasteiger partial charge in [-0.15, -0.1) is 0 Å². The van der Waals surface area contributed by atoms with Crippen molar-refractivity contribution in [2.45, 2.75) is 76.4 Å². The Morgan fingerprint density at radius 2 is 1.17 bits per heavy atom. The standard InChI is InChI=1S/C36H31F9O/c1-2-3-4-5-20-6-8-21(9-7-20)23-14-27(37)33(28(38)15-23)25-18-29(39)34(30(40)19-25)36(44,45)46-26-12-10-22(11-13-26)24-16-31(41)35(43)32(42)17-24/h6-9,14-19,22,26H,2-5,10-13H2,1H3. The van der Waals surface area contributed by atoms with Crippen molar-refractivity contribution in [3.63, 3.8) is 0 Å². The molecule has 0 spiro atoms. The van der Waals surface area contributed by atoms with Gasteiger partial charge in [-0.25, -0.2) is 30.7 Å². The maximum Gasteiger partial charge on any atom is 0.389 e. The predicted octanol–water partition coefficient (Wildman–Crippen LogP) is 11.5. The highest BCUT2D eigenvalue weighted by Gasteiger charge is 2.43. The van der Waals surface area contributed by atoms with Gasteiger partial charge in [-0.1, -0.05) is 44.0 Å². The van der Waals surface area contributed by atoms with Crippen molar-refractivity contribution in [2.75, 3.05) is 0 Å². The third-order valence-corrected chi connectivity index (χ3v) is 8.49. The summed E-state index contributed by atoms with van der Waals surface area (Å²) in [5.41, 5.74) is -1.13. The molecule has 0 atom stereocenters. The van der Waals surface area contributed by atoms with Gasteiger partial charge in [0.2, 0.25) is 0 Å². The Balaban J connectivity index is 1.30. The van der Waals surface area contributed by atoms with E-state index in [0.717, 1.165) is 55.5 Å². The third-order valence-electron chi connectivity index (χ3n) is 8.49. The van der Waals surface area contributed by atoms with Crippen molar-refractivity contribution >= 4 is 0 Å². The highest BCUT2D eigenvalue weighted by Crippen LogP contribution is 2.42. The molecule has 1 aliphatic rings. The number of rotatable bonds is 10. The van der Waals surface area contributed by atoms with Crippen molar-refractivity contribution in [2.24, 2.45) is 0 Å². The molecule has 0 aliphatic heterocycles. The Bertz CT molecular complexity index is 1620. The molecular weight excluding hydrogens is 619 g/mol. The second kappa shape index (κ2) is 13.9. The second-order valence-corrected chi connectivity index (χ2v) is 11.7. The molecule has 244 valence electrons. The van der Waals surface area contributed by atoms with E-state index in [-0.39, 0.29) is 36.8 Å². The van der Waals surface area contributed by atoms with E-state index in [0.29, 0.717) is 17.7 Å². The van der Waals surface area contributed by atoms with Gasteiger partial charge in [-0.3, -0.25) is 0 Å². The lowest BCUT2D eigenvalue weighted by Crippen LogP contribution is -2.31. The zero-order chi connectivity index (χ0) is 33.2. The van der Waals surface area contributed by atoms with E-state index in [9.17, 15) is 13.2 Å². The van der Waals surface area contributed by atoms with Crippen LogP contribution in [0, 0.1) is 40.7 Å². The molecule has 0 unspecified atom stereocenters. The number of ether oxygens (including phenoxy) is 1. The fraction of sp³-hybridized carbons (Fsp3) is 0.333. The van der Waals surface area contributed by atoms with Crippen molar-refractivity contribution in [3.05, 3.63) is 118 Å². The van der Waals surface area contributed by atoms with Crippen molar-refractivity contribution in [3.8, 4) is 22.3 Å². The van der Waals surface area contributed by atoms with Gasteiger partial charge < -0.3 is 4.74 Å². The molecule has 0 N–H and O–H groups in total. The number of hydrogen-bond donors (Lipinski definition) is 0. The van der Waals surface area contributed by atoms with Gasteiger partial charge in [-0.2, -0.15) is 8.78 Å². The molecule has 0 bridgehead atoms. The number of benzene rings is 4. The molecule has 0 heterocycles. The third kappa shape index (κ3) is 7.27. The number of unbranched alkanes of at least 4 members (excludes halogenated alkanes) is 2. The molecule has 1 saturated carbocycles. The quantitative estimate of drug-likeness (QED) is 0.0943. The van der Waals surface area contributed by atoms with Gasteiger partial charge in [0.15, 0.2) is 17.5 Å². The van der Waals surface area contributed by atoms with E-state index < -0.39 is 75.5 Å². The van der Waals surface area contributed by atoms with E-state index in [1.807, 2.05) is 12.1 Å². The van der Waals surface area contributed by atoms with Crippen LogP contribution in [0.4, 0.5) is 39.5 Å². The monoisotopic (exact) mass is 650 g/mol. The molecule has 46 heavy (non-hydrogen) atoms. The number of hydrogen-bond acceptors (Lipinski definition) is 1.